The van der Waals surface area contributed by atoms with Gasteiger partial charge in [-0.25, -0.2) is 4.98 Å². The first-order chi connectivity index (χ1) is 7.84. The molecule has 0 aromatic carbocycles. The van der Waals surface area contributed by atoms with Gasteiger partial charge in [0.1, 0.15) is 5.82 Å². The number of nitrogens with zero attached hydrogens (tertiary/aromatic N) is 2. The largest absolute Gasteiger partial charge is 0.492 e. The lowest BCUT2D eigenvalue weighted by Gasteiger charge is -2.17. The minimum Gasteiger partial charge on any atom is -0.492 e. The zero-order valence-electron chi connectivity index (χ0n) is 9.28. The van der Waals surface area contributed by atoms with Gasteiger partial charge in [0.2, 0.25) is 5.88 Å². The summed E-state index contributed by atoms with van der Waals surface area (Å²) in [6, 6.07) is 0. The molecule has 0 radical (unpaired) electrons. The molecule has 1 aromatic rings. The van der Waals surface area contributed by atoms with E-state index in [1.807, 2.05) is 0 Å². The molecule has 1 N–H and O–H groups in total. The topological polar surface area (TPSA) is 46.0 Å². The predicted octanol–water partition coefficient (Wildman–Crippen LogP) is 2.88. The number of rotatable bonds is 1. The van der Waals surface area contributed by atoms with Crippen molar-refractivity contribution in [3.8, 4) is 5.88 Å². The third-order valence-electron chi connectivity index (χ3n) is 3.46. The van der Waals surface area contributed by atoms with E-state index >= 15 is 0 Å². The van der Waals surface area contributed by atoms with E-state index in [1.54, 1.807) is 11.8 Å². The number of fused-ring (bicyclic) bond motifs is 1. The van der Waals surface area contributed by atoms with Crippen LogP contribution in [0.5, 0.6) is 5.88 Å². The number of aromatic hydroxyl groups is 1. The molecule has 1 aliphatic heterocycles. The van der Waals surface area contributed by atoms with Crippen LogP contribution in [0.25, 0.3) is 0 Å². The van der Waals surface area contributed by atoms with Crippen molar-refractivity contribution >= 4 is 11.8 Å². The molecule has 0 atom stereocenters. The van der Waals surface area contributed by atoms with Crippen molar-refractivity contribution in [3.63, 3.8) is 0 Å². The van der Waals surface area contributed by atoms with Gasteiger partial charge < -0.3 is 5.11 Å². The van der Waals surface area contributed by atoms with Crippen LogP contribution in [-0.4, -0.2) is 20.8 Å². The van der Waals surface area contributed by atoms with Crippen LogP contribution < -0.4 is 0 Å². The Morgan fingerprint density at radius 3 is 2.75 bits per heavy atom. The van der Waals surface area contributed by atoms with Gasteiger partial charge in [-0.1, -0.05) is 12.8 Å². The first kappa shape index (κ1) is 10.4. The van der Waals surface area contributed by atoms with E-state index in [1.165, 1.54) is 25.7 Å². The predicted molar refractivity (Wildman–Crippen MR) is 64.0 cm³/mol. The fourth-order valence-corrected chi connectivity index (χ4v) is 3.58. The van der Waals surface area contributed by atoms with Gasteiger partial charge in [0.05, 0.1) is 10.6 Å². The maximum absolute atomic E-state index is 9.93. The highest BCUT2D eigenvalue weighted by Gasteiger charge is 2.24. The standard InChI is InChI=1S/C12H16N2OS/c15-12-10-9(6-3-7-16-10)13-11(14-12)8-4-1-2-5-8/h8H,1-7H2,(H,13,14,15). The smallest absolute Gasteiger partial charge is 0.228 e. The first-order valence-corrected chi connectivity index (χ1v) is 7.06. The Balaban J connectivity index is 1.97. The molecule has 0 unspecified atom stereocenters. The summed E-state index contributed by atoms with van der Waals surface area (Å²) in [6.45, 7) is 0. The van der Waals surface area contributed by atoms with Gasteiger partial charge in [0.15, 0.2) is 0 Å². The molecule has 4 heteroatoms. The van der Waals surface area contributed by atoms with Gasteiger partial charge >= 0.3 is 0 Å². The molecule has 86 valence electrons. The summed E-state index contributed by atoms with van der Waals surface area (Å²) < 4.78 is 0. The number of thioether (sulfide) groups is 1. The number of aromatic nitrogens is 2. The molecule has 3 nitrogen and oxygen atoms in total. The molecule has 16 heavy (non-hydrogen) atoms. The summed E-state index contributed by atoms with van der Waals surface area (Å²) in [4.78, 5) is 9.88. The van der Waals surface area contributed by atoms with Gasteiger partial charge in [-0.3, -0.25) is 0 Å². The maximum atomic E-state index is 9.93. The van der Waals surface area contributed by atoms with Crippen molar-refractivity contribution < 1.29 is 5.11 Å². The summed E-state index contributed by atoms with van der Waals surface area (Å²) in [6.07, 6.45) is 7.09. The van der Waals surface area contributed by atoms with E-state index in [2.05, 4.69) is 9.97 Å². The minimum absolute atomic E-state index is 0.219. The minimum atomic E-state index is 0.219. The van der Waals surface area contributed by atoms with Crippen molar-refractivity contribution in [1.82, 2.24) is 9.97 Å². The van der Waals surface area contributed by atoms with Gasteiger partial charge in [-0.05, 0) is 31.4 Å². The molecule has 3 rings (SSSR count). The van der Waals surface area contributed by atoms with E-state index in [9.17, 15) is 5.11 Å². The SMILES string of the molecule is Oc1nc(C2CCCC2)nc2c1SCCC2. The second-order valence-electron chi connectivity index (χ2n) is 4.61. The van der Waals surface area contributed by atoms with Crippen LogP contribution in [0.4, 0.5) is 0 Å². The van der Waals surface area contributed by atoms with Crippen molar-refractivity contribution in [1.29, 1.82) is 0 Å². The molecular weight excluding hydrogens is 220 g/mol. The van der Waals surface area contributed by atoms with E-state index in [4.69, 9.17) is 0 Å². The van der Waals surface area contributed by atoms with E-state index in [0.717, 1.165) is 35.0 Å². The summed E-state index contributed by atoms with van der Waals surface area (Å²) >= 11 is 1.69. The van der Waals surface area contributed by atoms with Crippen LogP contribution in [0, 0.1) is 0 Å². The highest BCUT2D eigenvalue weighted by Crippen LogP contribution is 2.38. The van der Waals surface area contributed by atoms with Crippen LogP contribution in [0.2, 0.25) is 0 Å². The quantitative estimate of drug-likeness (QED) is 0.814. The van der Waals surface area contributed by atoms with E-state index in [-0.39, 0.29) is 5.88 Å². The third kappa shape index (κ3) is 1.79. The van der Waals surface area contributed by atoms with Gasteiger partial charge in [-0.15, -0.1) is 11.8 Å². The number of aryl methyl sites for hydroxylation is 1. The Bertz CT molecular complexity index is 402. The van der Waals surface area contributed by atoms with E-state index in [0.29, 0.717) is 5.92 Å². The van der Waals surface area contributed by atoms with E-state index < -0.39 is 0 Å². The van der Waals surface area contributed by atoms with Crippen LogP contribution >= 0.6 is 11.8 Å². The normalized spacial score (nSPS) is 21.0. The lowest BCUT2D eigenvalue weighted by molar-refractivity contribution is 0.426. The third-order valence-corrected chi connectivity index (χ3v) is 4.66. The summed E-state index contributed by atoms with van der Waals surface area (Å²) in [5.41, 5.74) is 1.07. The Hall–Kier alpha value is -0.770. The second kappa shape index (κ2) is 4.24. The Morgan fingerprint density at radius 1 is 1.12 bits per heavy atom. The molecule has 1 saturated carbocycles. The molecular formula is C12H16N2OS. The lowest BCUT2D eigenvalue weighted by atomic mass is 10.1. The van der Waals surface area contributed by atoms with Gasteiger partial charge in [-0.2, -0.15) is 4.98 Å². The molecule has 0 amide bonds. The molecule has 0 saturated heterocycles. The zero-order chi connectivity index (χ0) is 11.0. The van der Waals surface area contributed by atoms with Crippen molar-refractivity contribution in [2.75, 3.05) is 5.75 Å². The Labute approximate surface area is 99.7 Å². The summed E-state index contributed by atoms with van der Waals surface area (Å²) in [7, 11) is 0. The van der Waals surface area contributed by atoms with Crippen molar-refractivity contribution in [3.05, 3.63) is 11.5 Å². The van der Waals surface area contributed by atoms with Crippen molar-refractivity contribution in [2.24, 2.45) is 0 Å². The molecule has 0 bridgehead atoms. The summed E-state index contributed by atoms with van der Waals surface area (Å²) in [5.74, 6) is 2.67. The second-order valence-corrected chi connectivity index (χ2v) is 5.72. The molecule has 1 aliphatic carbocycles. The molecule has 2 heterocycles. The average Bonchev–Trinajstić information content (AvgIpc) is 2.82. The van der Waals surface area contributed by atoms with Crippen LogP contribution in [0.3, 0.4) is 0 Å². The Kier molecular flexibility index (Phi) is 2.75. The first-order valence-electron chi connectivity index (χ1n) is 6.07. The van der Waals surface area contributed by atoms with Crippen LogP contribution in [0.1, 0.15) is 49.5 Å². The fraction of sp³-hybridized carbons (Fsp3) is 0.667. The Morgan fingerprint density at radius 2 is 1.94 bits per heavy atom. The number of hydrogen-bond acceptors (Lipinski definition) is 4. The maximum Gasteiger partial charge on any atom is 0.228 e. The molecule has 2 aliphatic rings. The monoisotopic (exact) mass is 236 g/mol. The van der Waals surface area contributed by atoms with Crippen molar-refractivity contribution in [2.45, 2.75) is 49.3 Å². The fourth-order valence-electron chi connectivity index (χ4n) is 2.60. The summed E-state index contributed by atoms with van der Waals surface area (Å²) in [5, 5.41) is 9.93. The molecule has 0 spiro atoms. The molecule has 1 fully saturated rings. The van der Waals surface area contributed by atoms with Gasteiger partial charge in [0, 0.05) is 5.92 Å². The average molecular weight is 236 g/mol. The highest BCUT2D eigenvalue weighted by atomic mass is 32.2. The van der Waals surface area contributed by atoms with Crippen LogP contribution in [0.15, 0.2) is 4.90 Å². The van der Waals surface area contributed by atoms with Gasteiger partial charge in [0.25, 0.3) is 0 Å². The highest BCUT2D eigenvalue weighted by molar-refractivity contribution is 7.99. The molecule has 1 aromatic heterocycles. The lowest BCUT2D eigenvalue weighted by Crippen LogP contribution is -2.08. The zero-order valence-corrected chi connectivity index (χ0v) is 10.1. The van der Waals surface area contributed by atoms with Crippen LogP contribution in [-0.2, 0) is 6.42 Å². The number of hydrogen-bond donors (Lipinski definition) is 1.